The van der Waals surface area contributed by atoms with Gasteiger partial charge in [-0.25, -0.2) is 8.42 Å². The van der Waals surface area contributed by atoms with Crippen molar-refractivity contribution >= 4 is 32.7 Å². The van der Waals surface area contributed by atoms with E-state index in [1.165, 1.54) is 12.1 Å². The van der Waals surface area contributed by atoms with E-state index in [4.69, 9.17) is 0 Å². The molecule has 0 aliphatic carbocycles. The summed E-state index contributed by atoms with van der Waals surface area (Å²) in [7, 11) is -4.27. The molecule has 0 saturated carbocycles. The van der Waals surface area contributed by atoms with E-state index in [1.807, 2.05) is 22.6 Å². The van der Waals surface area contributed by atoms with Crippen LogP contribution in [0, 0.1) is 3.57 Å². The maximum atomic E-state index is 10.4. The van der Waals surface area contributed by atoms with Crippen LogP contribution >= 0.6 is 22.6 Å². The maximum Gasteiger partial charge on any atom is 1.00 e. The molecule has 0 aliphatic rings. The summed E-state index contributed by atoms with van der Waals surface area (Å²) in [5.41, 5.74) is 0. The van der Waals surface area contributed by atoms with Gasteiger partial charge in [0.15, 0.2) is 0 Å². The van der Waals surface area contributed by atoms with E-state index in [0.29, 0.717) is 0 Å². The molecule has 0 heterocycles. The van der Waals surface area contributed by atoms with Crippen LogP contribution < -0.4 is 18.9 Å². The van der Waals surface area contributed by atoms with Gasteiger partial charge in [-0.3, -0.25) is 0 Å². The van der Waals surface area contributed by atoms with Crippen molar-refractivity contribution < 1.29 is 31.8 Å². The fraction of sp³-hybridized carbons (Fsp3) is 0. The van der Waals surface area contributed by atoms with Crippen LogP contribution in [-0.4, -0.2) is 13.0 Å². The Morgan fingerprint density at radius 3 is 1.92 bits per heavy atom. The predicted molar refractivity (Wildman–Crippen MR) is 47.1 cm³/mol. The van der Waals surface area contributed by atoms with E-state index in [1.54, 1.807) is 12.1 Å². The van der Waals surface area contributed by atoms with Crippen molar-refractivity contribution in [2.45, 2.75) is 4.90 Å². The quantitative estimate of drug-likeness (QED) is 0.348. The molecular formula is C6H4ILiO3S. The van der Waals surface area contributed by atoms with Crippen LogP contribution in [-0.2, 0) is 10.1 Å². The summed E-state index contributed by atoms with van der Waals surface area (Å²) < 4.78 is 32.1. The number of rotatable bonds is 1. The summed E-state index contributed by atoms with van der Waals surface area (Å²) in [6.45, 7) is 0. The number of hydrogen-bond donors (Lipinski definition) is 0. The Morgan fingerprint density at radius 1 is 1.17 bits per heavy atom. The van der Waals surface area contributed by atoms with Crippen molar-refractivity contribution in [1.82, 2.24) is 0 Å². The first-order valence-electron chi connectivity index (χ1n) is 2.71. The first-order valence-corrected chi connectivity index (χ1v) is 5.20. The Morgan fingerprint density at radius 2 is 1.58 bits per heavy atom. The topological polar surface area (TPSA) is 57.2 Å². The van der Waals surface area contributed by atoms with Crippen molar-refractivity contribution in [3.63, 3.8) is 0 Å². The molecule has 0 unspecified atom stereocenters. The van der Waals surface area contributed by atoms with Crippen LogP contribution in [0.1, 0.15) is 0 Å². The number of benzene rings is 1. The van der Waals surface area contributed by atoms with Gasteiger partial charge in [-0.2, -0.15) is 0 Å². The number of hydrogen-bond acceptors (Lipinski definition) is 3. The van der Waals surface area contributed by atoms with Gasteiger partial charge in [-0.1, -0.05) is 0 Å². The Balaban J connectivity index is 0.00000121. The van der Waals surface area contributed by atoms with Crippen LogP contribution in [0.15, 0.2) is 29.2 Å². The van der Waals surface area contributed by atoms with Gasteiger partial charge in [0.05, 0.1) is 4.90 Å². The minimum atomic E-state index is -4.27. The molecule has 0 saturated heterocycles. The Kier molecular flexibility index (Phi) is 4.80. The number of halogens is 1. The molecule has 1 rings (SSSR count). The monoisotopic (exact) mass is 290 g/mol. The van der Waals surface area contributed by atoms with Crippen LogP contribution in [0.3, 0.4) is 0 Å². The predicted octanol–water partition coefficient (Wildman–Crippen LogP) is -1.80. The van der Waals surface area contributed by atoms with Gasteiger partial charge in [0, 0.05) is 3.57 Å². The van der Waals surface area contributed by atoms with Gasteiger partial charge in [0.25, 0.3) is 0 Å². The minimum absolute atomic E-state index is 0. The van der Waals surface area contributed by atoms with Crippen molar-refractivity contribution in [3.8, 4) is 0 Å². The molecular weight excluding hydrogens is 286 g/mol. The third-order valence-electron chi connectivity index (χ3n) is 1.10. The van der Waals surface area contributed by atoms with E-state index in [9.17, 15) is 13.0 Å². The van der Waals surface area contributed by atoms with Crippen molar-refractivity contribution in [1.29, 1.82) is 0 Å². The van der Waals surface area contributed by atoms with Gasteiger partial charge < -0.3 is 4.55 Å². The second-order valence-corrected chi connectivity index (χ2v) is 4.53. The Labute approximate surface area is 96.6 Å². The van der Waals surface area contributed by atoms with Crippen LogP contribution in [0.4, 0.5) is 0 Å². The van der Waals surface area contributed by atoms with Crippen molar-refractivity contribution in [3.05, 3.63) is 27.8 Å². The Bertz CT molecular complexity index is 346. The second kappa shape index (κ2) is 4.63. The average molecular weight is 290 g/mol. The molecule has 0 aliphatic heterocycles. The molecule has 0 amide bonds. The van der Waals surface area contributed by atoms with Crippen LogP contribution in [0.2, 0.25) is 0 Å². The summed E-state index contributed by atoms with van der Waals surface area (Å²) in [6, 6.07) is 5.74. The van der Waals surface area contributed by atoms with E-state index in [0.717, 1.165) is 3.57 Å². The first-order chi connectivity index (χ1) is 5.00. The largest absolute Gasteiger partial charge is 1.00 e. The summed E-state index contributed by atoms with van der Waals surface area (Å²) >= 11 is 2.03. The van der Waals surface area contributed by atoms with Gasteiger partial charge in [-0.05, 0) is 46.9 Å². The zero-order valence-electron chi connectivity index (χ0n) is 6.32. The molecule has 0 N–H and O–H groups in total. The smallest absolute Gasteiger partial charge is 0.744 e. The molecule has 1 aromatic rings. The molecule has 0 atom stereocenters. The summed E-state index contributed by atoms with van der Waals surface area (Å²) in [4.78, 5) is -0.182. The summed E-state index contributed by atoms with van der Waals surface area (Å²) in [5.74, 6) is 0. The van der Waals surface area contributed by atoms with Gasteiger partial charge in [0.2, 0.25) is 0 Å². The van der Waals surface area contributed by atoms with Gasteiger partial charge in [0.1, 0.15) is 10.1 Å². The van der Waals surface area contributed by atoms with Crippen LogP contribution in [0.25, 0.3) is 0 Å². The molecule has 3 nitrogen and oxygen atoms in total. The molecule has 0 spiro atoms. The molecule has 1 aromatic carbocycles. The van der Waals surface area contributed by atoms with Crippen LogP contribution in [0.5, 0.6) is 0 Å². The van der Waals surface area contributed by atoms with E-state index < -0.39 is 10.1 Å². The normalized spacial score (nSPS) is 10.5. The third kappa shape index (κ3) is 3.45. The zero-order valence-corrected chi connectivity index (χ0v) is 9.29. The van der Waals surface area contributed by atoms with E-state index in [2.05, 4.69) is 0 Å². The SMILES string of the molecule is O=S(=O)([O-])c1ccc(I)cc1.[Li+]. The van der Waals surface area contributed by atoms with Crippen molar-refractivity contribution in [2.24, 2.45) is 0 Å². The summed E-state index contributed by atoms with van der Waals surface area (Å²) in [6.07, 6.45) is 0. The fourth-order valence-electron chi connectivity index (χ4n) is 0.601. The molecule has 0 bridgehead atoms. The summed E-state index contributed by atoms with van der Waals surface area (Å²) in [5, 5.41) is 0. The third-order valence-corrected chi connectivity index (χ3v) is 2.67. The Hall–Kier alpha value is 0.457. The molecule has 0 fully saturated rings. The molecule has 12 heavy (non-hydrogen) atoms. The van der Waals surface area contributed by atoms with Crippen molar-refractivity contribution in [2.75, 3.05) is 0 Å². The molecule has 60 valence electrons. The van der Waals surface area contributed by atoms with Gasteiger partial charge in [-0.15, -0.1) is 0 Å². The zero-order chi connectivity index (χ0) is 8.48. The second-order valence-electron chi connectivity index (χ2n) is 1.91. The van der Waals surface area contributed by atoms with Gasteiger partial charge >= 0.3 is 18.9 Å². The fourth-order valence-corrected chi connectivity index (χ4v) is 1.43. The van der Waals surface area contributed by atoms with E-state index in [-0.39, 0.29) is 23.8 Å². The molecule has 6 heteroatoms. The van der Waals surface area contributed by atoms with E-state index >= 15 is 0 Å². The molecule has 0 radical (unpaired) electrons. The maximum absolute atomic E-state index is 10.4. The minimum Gasteiger partial charge on any atom is -0.744 e. The first kappa shape index (κ1) is 12.5. The average Bonchev–Trinajstić information content (AvgIpc) is 1.86. The standard InChI is InChI=1S/C6H5IO3S.Li/c7-5-1-3-6(4-2-5)11(8,9)10;/h1-4H,(H,8,9,10);/q;+1/p-1. The molecule has 0 aromatic heterocycles.